The number of halogens is 1. The zero-order valence-corrected chi connectivity index (χ0v) is 10.2. The third-order valence-corrected chi connectivity index (χ3v) is 3.47. The van der Waals surface area contributed by atoms with E-state index < -0.39 is 5.97 Å². The number of carbonyl (C=O) groups is 1. The predicted molar refractivity (Wildman–Crippen MR) is 60.9 cm³/mol. The molecule has 2 heterocycles. The Hall–Kier alpha value is -1.14. The molecule has 2 rings (SSSR count). The van der Waals surface area contributed by atoms with Crippen LogP contribution in [0.3, 0.4) is 0 Å². The molecule has 0 bridgehead atoms. The highest BCUT2D eigenvalue weighted by molar-refractivity contribution is 9.11. The first-order valence-corrected chi connectivity index (χ1v) is 5.71. The molecule has 0 aliphatic rings. The number of carbonyl (C=O) groups excluding carboxylic acids is 1. The van der Waals surface area contributed by atoms with Gasteiger partial charge in [-0.15, -0.1) is 11.3 Å². The Morgan fingerprint density at radius 1 is 1.60 bits per heavy atom. The van der Waals surface area contributed by atoms with Crippen LogP contribution in [-0.2, 0) is 4.74 Å². The van der Waals surface area contributed by atoms with Gasteiger partial charge < -0.3 is 4.74 Å². The number of H-pyrrole nitrogens is 1. The lowest BCUT2D eigenvalue weighted by Crippen LogP contribution is -2.00. The molecule has 0 amide bonds. The van der Waals surface area contributed by atoms with E-state index in [1.165, 1.54) is 7.11 Å². The third kappa shape index (κ3) is 2.10. The number of nitrogens with zero attached hydrogens (tertiary/aromatic N) is 1. The van der Waals surface area contributed by atoms with Gasteiger partial charge in [0.2, 0.25) is 0 Å². The fourth-order valence-corrected chi connectivity index (χ4v) is 2.47. The topological polar surface area (TPSA) is 55.0 Å². The Balaban J connectivity index is 2.31. The van der Waals surface area contributed by atoms with Crippen LogP contribution >= 0.6 is 27.3 Å². The van der Waals surface area contributed by atoms with E-state index in [4.69, 9.17) is 0 Å². The summed E-state index contributed by atoms with van der Waals surface area (Å²) in [6.07, 6.45) is 0. The van der Waals surface area contributed by atoms with Gasteiger partial charge in [0, 0.05) is 0 Å². The maximum atomic E-state index is 11.2. The zero-order chi connectivity index (χ0) is 10.8. The monoisotopic (exact) mass is 286 g/mol. The molecule has 78 valence electrons. The van der Waals surface area contributed by atoms with Gasteiger partial charge in [0.15, 0.2) is 5.69 Å². The van der Waals surface area contributed by atoms with Crippen LogP contribution in [-0.4, -0.2) is 23.3 Å². The van der Waals surface area contributed by atoms with Crippen molar-refractivity contribution in [1.82, 2.24) is 10.2 Å². The number of thiophene rings is 1. The average Bonchev–Trinajstić information content (AvgIpc) is 2.84. The predicted octanol–water partition coefficient (Wildman–Crippen LogP) is 2.69. The number of aromatic nitrogens is 2. The van der Waals surface area contributed by atoms with Crippen LogP contribution < -0.4 is 0 Å². The van der Waals surface area contributed by atoms with Gasteiger partial charge in [-0.05, 0) is 34.1 Å². The van der Waals surface area contributed by atoms with Crippen molar-refractivity contribution in [3.8, 4) is 10.6 Å². The van der Waals surface area contributed by atoms with Crippen molar-refractivity contribution >= 4 is 33.2 Å². The second kappa shape index (κ2) is 4.16. The first kappa shape index (κ1) is 10.4. The van der Waals surface area contributed by atoms with E-state index in [0.29, 0.717) is 0 Å². The maximum Gasteiger partial charge on any atom is 0.358 e. The Bertz CT molecular complexity index is 492. The molecule has 0 saturated heterocycles. The second-order valence-electron chi connectivity index (χ2n) is 2.76. The summed E-state index contributed by atoms with van der Waals surface area (Å²) in [5.74, 6) is -0.437. The van der Waals surface area contributed by atoms with E-state index >= 15 is 0 Å². The molecular weight excluding hydrogens is 280 g/mol. The maximum absolute atomic E-state index is 11.2. The summed E-state index contributed by atoms with van der Waals surface area (Å²) in [5, 5.41) is 6.65. The first-order valence-electron chi connectivity index (χ1n) is 4.10. The van der Waals surface area contributed by atoms with Crippen molar-refractivity contribution in [2.24, 2.45) is 0 Å². The molecule has 15 heavy (non-hydrogen) atoms. The average molecular weight is 287 g/mol. The molecule has 6 heteroatoms. The number of hydrogen-bond acceptors (Lipinski definition) is 4. The lowest BCUT2D eigenvalue weighted by Gasteiger charge is -1.90. The number of esters is 1. The summed E-state index contributed by atoms with van der Waals surface area (Å²) in [7, 11) is 1.33. The minimum absolute atomic E-state index is 0.289. The van der Waals surface area contributed by atoms with Crippen molar-refractivity contribution in [1.29, 1.82) is 0 Å². The van der Waals surface area contributed by atoms with Crippen molar-refractivity contribution in [2.75, 3.05) is 7.11 Å². The van der Waals surface area contributed by atoms with Crippen LogP contribution in [0.5, 0.6) is 0 Å². The van der Waals surface area contributed by atoms with Gasteiger partial charge in [-0.2, -0.15) is 5.10 Å². The molecule has 0 aliphatic carbocycles. The lowest BCUT2D eigenvalue weighted by molar-refractivity contribution is 0.0594. The molecule has 0 aliphatic heterocycles. The number of ether oxygens (including phenoxy) is 1. The van der Waals surface area contributed by atoms with Gasteiger partial charge in [0.25, 0.3) is 0 Å². The van der Waals surface area contributed by atoms with E-state index in [1.807, 2.05) is 12.1 Å². The van der Waals surface area contributed by atoms with Crippen molar-refractivity contribution in [3.05, 3.63) is 27.7 Å². The van der Waals surface area contributed by atoms with E-state index in [-0.39, 0.29) is 5.69 Å². The number of methoxy groups -OCH3 is 1. The minimum atomic E-state index is -0.437. The fraction of sp³-hybridized carbons (Fsp3) is 0.111. The van der Waals surface area contributed by atoms with Gasteiger partial charge in [0.1, 0.15) is 0 Å². The van der Waals surface area contributed by atoms with Crippen LogP contribution in [0.15, 0.2) is 22.0 Å². The molecule has 0 aromatic carbocycles. The molecule has 2 aromatic heterocycles. The summed E-state index contributed by atoms with van der Waals surface area (Å²) in [6, 6.07) is 5.56. The van der Waals surface area contributed by atoms with Crippen LogP contribution in [0, 0.1) is 0 Å². The molecule has 1 N–H and O–H groups in total. The molecule has 4 nitrogen and oxygen atoms in total. The molecule has 0 saturated carbocycles. The van der Waals surface area contributed by atoms with Gasteiger partial charge in [-0.25, -0.2) is 4.79 Å². The van der Waals surface area contributed by atoms with Crippen molar-refractivity contribution in [2.45, 2.75) is 0 Å². The quantitative estimate of drug-likeness (QED) is 0.864. The van der Waals surface area contributed by atoms with E-state index in [1.54, 1.807) is 17.4 Å². The minimum Gasteiger partial charge on any atom is -0.464 e. The van der Waals surface area contributed by atoms with Crippen molar-refractivity contribution < 1.29 is 9.53 Å². The van der Waals surface area contributed by atoms with Crippen LogP contribution in [0.25, 0.3) is 10.6 Å². The number of nitrogens with one attached hydrogen (secondary N) is 1. The van der Waals surface area contributed by atoms with E-state index in [2.05, 4.69) is 30.9 Å². The smallest absolute Gasteiger partial charge is 0.358 e. The Labute approximate surface area is 98.4 Å². The summed E-state index contributed by atoms with van der Waals surface area (Å²) in [5.41, 5.74) is 1.10. The molecule has 0 radical (unpaired) electrons. The van der Waals surface area contributed by atoms with E-state index in [0.717, 1.165) is 14.4 Å². The Morgan fingerprint density at radius 2 is 2.40 bits per heavy atom. The Morgan fingerprint density at radius 3 is 3.00 bits per heavy atom. The van der Waals surface area contributed by atoms with Crippen LogP contribution in [0.1, 0.15) is 10.5 Å². The number of aromatic amines is 1. The van der Waals surface area contributed by atoms with Crippen molar-refractivity contribution in [3.63, 3.8) is 0 Å². The highest BCUT2D eigenvalue weighted by atomic mass is 79.9. The van der Waals surface area contributed by atoms with Gasteiger partial charge in [0.05, 0.1) is 21.5 Å². The Kier molecular flexibility index (Phi) is 2.88. The van der Waals surface area contributed by atoms with Crippen LogP contribution in [0.2, 0.25) is 0 Å². The second-order valence-corrected chi connectivity index (χ2v) is 5.23. The highest BCUT2D eigenvalue weighted by Crippen LogP contribution is 2.30. The lowest BCUT2D eigenvalue weighted by atomic mass is 10.3. The van der Waals surface area contributed by atoms with E-state index in [9.17, 15) is 4.79 Å². The fourth-order valence-electron chi connectivity index (χ4n) is 1.12. The molecule has 0 atom stereocenters. The normalized spacial score (nSPS) is 10.3. The summed E-state index contributed by atoms with van der Waals surface area (Å²) in [4.78, 5) is 12.2. The highest BCUT2D eigenvalue weighted by Gasteiger charge is 2.12. The first-order chi connectivity index (χ1) is 7.20. The molecule has 0 spiro atoms. The van der Waals surface area contributed by atoms with Crippen LogP contribution in [0.4, 0.5) is 0 Å². The number of hydrogen-bond donors (Lipinski definition) is 1. The summed E-state index contributed by atoms with van der Waals surface area (Å²) in [6.45, 7) is 0. The third-order valence-electron chi connectivity index (χ3n) is 1.81. The summed E-state index contributed by atoms with van der Waals surface area (Å²) < 4.78 is 5.60. The van der Waals surface area contributed by atoms with Gasteiger partial charge >= 0.3 is 5.97 Å². The molecule has 2 aromatic rings. The molecule has 0 unspecified atom stereocenters. The summed E-state index contributed by atoms with van der Waals surface area (Å²) >= 11 is 4.94. The largest absolute Gasteiger partial charge is 0.464 e. The van der Waals surface area contributed by atoms with Gasteiger partial charge in [-0.3, -0.25) is 5.10 Å². The number of rotatable bonds is 2. The molecular formula is C9H7BrN2O2S. The standard InChI is InChI=1S/C9H7BrN2O2S/c1-14-9(13)6-4-5(11-12-6)7-2-3-8(10)15-7/h2-4H,1H3,(H,11,12). The zero-order valence-electron chi connectivity index (χ0n) is 7.78. The SMILES string of the molecule is COC(=O)c1cc(-c2ccc(Br)s2)[nH]n1. The molecule has 0 fully saturated rings. The van der Waals surface area contributed by atoms with Gasteiger partial charge in [-0.1, -0.05) is 0 Å².